The van der Waals surface area contributed by atoms with Crippen LogP contribution < -0.4 is 11.1 Å². The Morgan fingerprint density at radius 1 is 1.17 bits per heavy atom. The predicted molar refractivity (Wildman–Crippen MR) is 75.0 cm³/mol. The van der Waals surface area contributed by atoms with E-state index in [0.717, 1.165) is 18.4 Å². The molecule has 3 heteroatoms. The van der Waals surface area contributed by atoms with Gasteiger partial charge < -0.3 is 11.1 Å². The summed E-state index contributed by atoms with van der Waals surface area (Å²) in [5.41, 5.74) is 6.78. The van der Waals surface area contributed by atoms with E-state index >= 15 is 0 Å². The lowest BCUT2D eigenvalue weighted by Crippen LogP contribution is -2.39. The Labute approximate surface area is 110 Å². The summed E-state index contributed by atoms with van der Waals surface area (Å²) >= 11 is 0. The predicted octanol–water partition coefficient (Wildman–Crippen LogP) is 2.63. The average molecular weight is 248 g/mol. The van der Waals surface area contributed by atoms with Gasteiger partial charge in [-0.3, -0.25) is 4.79 Å². The van der Waals surface area contributed by atoms with Crippen LogP contribution >= 0.6 is 0 Å². The second-order valence-corrected chi connectivity index (χ2v) is 5.27. The average Bonchev–Trinajstić information content (AvgIpc) is 2.36. The first-order chi connectivity index (χ1) is 8.50. The molecule has 0 spiro atoms. The Bertz CT molecular complexity index is 362. The number of nitrogens with two attached hydrogens (primary N) is 1. The maximum absolute atomic E-state index is 12.0. The van der Waals surface area contributed by atoms with Crippen molar-refractivity contribution < 1.29 is 4.79 Å². The van der Waals surface area contributed by atoms with Crippen molar-refractivity contribution in [3.8, 4) is 0 Å². The molecule has 3 nitrogen and oxygen atoms in total. The minimum absolute atomic E-state index is 0.0996. The first-order valence-corrected chi connectivity index (χ1v) is 6.61. The number of nitrogens with one attached hydrogen (secondary N) is 1. The molecule has 0 aliphatic rings. The largest absolute Gasteiger partial charge is 0.352 e. The van der Waals surface area contributed by atoms with E-state index in [0.29, 0.717) is 5.92 Å². The lowest BCUT2D eigenvalue weighted by Gasteiger charge is -2.18. The molecule has 0 aromatic heterocycles. The normalized spacial score (nSPS) is 14.3. The molecule has 0 radical (unpaired) electrons. The second kappa shape index (κ2) is 7.17. The van der Waals surface area contributed by atoms with E-state index in [1.807, 2.05) is 37.3 Å². The van der Waals surface area contributed by atoms with Gasteiger partial charge in [-0.1, -0.05) is 44.2 Å². The maximum Gasteiger partial charge on any atom is 0.241 e. The van der Waals surface area contributed by atoms with E-state index in [4.69, 9.17) is 5.73 Å². The summed E-state index contributed by atoms with van der Waals surface area (Å²) in [6.45, 7) is 6.40. The van der Waals surface area contributed by atoms with Crippen molar-refractivity contribution in [2.75, 3.05) is 0 Å². The van der Waals surface area contributed by atoms with Crippen LogP contribution in [0.15, 0.2) is 30.3 Å². The van der Waals surface area contributed by atoms with Gasteiger partial charge in [-0.05, 0) is 31.2 Å². The SMILES string of the molecule is CC(C)CCC(C)NC(=O)[C@H](N)c1ccccc1. The van der Waals surface area contributed by atoms with Gasteiger partial charge in [0.2, 0.25) is 5.91 Å². The van der Waals surface area contributed by atoms with Crippen LogP contribution in [0.3, 0.4) is 0 Å². The first-order valence-electron chi connectivity index (χ1n) is 6.61. The summed E-state index contributed by atoms with van der Waals surface area (Å²) in [4.78, 5) is 12.0. The van der Waals surface area contributed by atoms with Gasteiger partial charge >= 0.3 is 0 Å². The molecular weight excluding hydrogens is 224 g/mol. The maximum atomic E-state index is 12.0. The topological polar surface area (TPSA) is 55.1 Å². The Kier molecular flexibility index (Phi) is 5.86. The highest BCUT2D eigenvalue weighted by Crippen LogP contribution is 2.11. The Morgan fingerprint density at radius 2 is 1.78 bits per heavy atom. The van der Waals surface area contributed by atoms with E-state index in [9.17, 15) is 4.79 Å². The van der Waals surface area contributed by atoms with E-state index in [2.05, 4.69) is 19.2 Å². The number of carbonyl (C=O) groups is 1. The van der Waals surface area contributed by atoms with Crippen molar-refractivity contribution in [3.63, 3.8) is 0 Å². The Morgan fingerprint density at radius 3 is 2.33 bits per heavy atom. The number of hydrogen-bond donors (Lipinski definition) is 2. The molecule has 0 aliphatic heterocycles. The van der Waals surface area contributed by atoms with Gasteiger partial charge in [0, 0.05) is 6.04 Å². The van der Waals surface area contributed by atoms with Crippen LogP contribution in [-0.2, 0) is 4.79 Å². The molecular formula is C15H24N2O. The van der Waals surface area contributed by atoms with Crippen molar-refractivity contribution in [2.45, 2.75) is 45.7 Å². The fraction of sp³-hybridized carbons (Fsp3) is 0.533. The van der Waals surface area contributed by atoms with Crippen molar-refractivity contribution >= 4 is 5.91 Å². The van der Waals surface area contributed by atoms with E-state index in [1.54, 1.807) is 0 Å². The van der Waals surface area contributed by atoms with Crippen LogP contribution in [0.1, 0.15) is 45.2 Å². The highest BCUT2D eigenvalue weighted by Gasteiger charge is 2.17. The van der Waals surface area contributed by atoms with Crippen molar-refractivity contribution in [2.24, 2.45) is 11.7 Å². The third-order valence-corrected chi connectivity index (χ3v) is 3.01. The summed E-state index contributed by atoms with van der Waals surface area (Å²) in [7, 11) is 0. The zero-order valence-corrected chi connectivity index (χ0v) is 11.5. The Balaban J connectivity index is 2.45. The monoisotopic (exact) mass is 248 g/mol. The summed E-state index contributed by atoms with van der Waals surface area (Å²) in [6, 6.07) is 9.06. The van der Waals surface area contributed by atoms with Gasteiger partial charge in [0.1, 0.15) is 6.04 Å². The molecule has 0 heterocycles. The van der Waals surface area contributed by atoms with Gasteiger partial charge in [-0.2, -0.15) is 0 Å². The zero-order chi connectivity index (χ0) is 13.5. The van der Waals surface area contributed by atoms with Crippen molar-refractivity contribution in [3.05, 3.63) is 35.9 Å². The van der Waals surface area contributed by atoms with Gasteiger partial charge in [-0.15, -0.1) is 0 Å². The molecule has 1 aromatic rings. The summed E-state index contributed by atoms with van der Waals surface area (Å²) in [5.74, 6) is 0.560. The number of carbonyl (C=O) groups excluding carboxylic acids is 1. The summed E-state index contributed by atoms with van der Waals surface area (Å²) < 4.78 is 0. The number of benzene rings is 1. The van der Waals surface area contributed by atoms with Crippen molar-refractivity contribution in [1.29, 1.82) is 0 Å². The molecule has 2 atom stereocenters. The molecule has 1 unspecified atom stereocenters. The molecule has 100 valence electrons. The third-order valence-electron chi connectivity index (χ3n) is 3.01. The van der Waals surface area contributed by atoms with Gasteiger partial charge in [0.05, 0.1) is 0 Å². The third kappa shape index (κ3) is 4.88. The highest BCUT2D eigenvalue weighted by atomic mass is 16.2. The molecule has 1 amide bonds. The lowest BCUT2D eigenvalue weighted by molar-refractivity contribution is -0.123. The van der Waals surface area contributed by atoms with Crippen LogP contribution in [0, 0.1) is 5.92 Å². The van der Waals surface area contributed by atoms with Gasteiger partial charge in [-0.25, -0.2) is 0 Å². The first kappa shape index (κ1) is 14.7. The van der Waals surface area contributed by atoms with E-state index in [-0.39, 0.29) is 11.9 Å². The molecule has 0 saturated carbocycles. The summed E-state index contributed by atoms with van der Waals surface area (Å²) in [5, 5.41) is 2.97. The van der Waals surface area contributed by atoms with Crippen LogP contribution in [0.5, 0.6) is 0 Å². The molecule has 1 aromatic carbocycles. The standard InChI is InChI=1S/C15H24N2O/c1-11(2)9-10-12(3)17-15(18)14(16)13-7-5-4-6-8-13/h4-8,11-12,14H,9-10,16H2,1-3H3,(H,17,18)/t12?,14-/m1/s1. The smallest absolute Gasteiger partial charge is 0.241 e. The molecule has 0 fully saturated rings. The fourth-order valence-electron chi connectivity index (χ4n) is 1.80. The molecule has 18 heavy (non-hydrogen) atoms. The minimum atomic E-state index is -0.576. The minimum Gasteiger partial charge on any atom is -0.352 e. The van der Waals surface area contributed by atoms with Crippen LogP contribution in [0.4, 0.5) is 0 Å². The molecule has 1 rings (SSSR count). The van der Waals surface area contributed by atoms with E-state index in [1.165, 1.54) is 0 Å². The number of amides is 1. The van der Waals surface area contributed by atoms with Crippen LogP contribution in [-0.4, -0.2) is 11.9 Å². The lowest BCUT2D eigenvalue weighted by atomic mass is 10.0. The molecule has 0 bridgehead atoms. The summed E-state index contributed by atoms with van der Waals surface area (Å²) in [6.07, 6.45) is 2.10. The molecule has 0 aliphatic carbocycles. The molecule has 3 N–H and O–H groups in total. The number of rotatable bonds is 6. The van der Waals surface area contributed by atoms with Crippen LogP contribution in [0.25, 0.3) is 0 Å². The quantitative estimate of drug-likeness (QED) is 0.813. The van der Waals surface area contributed by atoms with E-state index < -0.39 is 6.04 Å². The van der Waals surface area contributed by atoms with Gasteiger partial charge in [0.25, 0.3) is 0 Å². The van der Waals surface area contributed by atoms with Crippen molar-refractivity contribution in [1.82, 2.24) is 5.32 Å². The van der Waals surface area contributed by atoms with Crippen LogP contribution in [0.2, 0.25) is 0 Å². The Hall–Kier alpha value is -1.35. The zero-order valence-electron chi connectivity index (χ0n) is 11.5. The molecule has 0 saturated heterocycles. The van der Waals surface area contributed by atoms with Gasteiger partial charge in [0.15, 0.2) is 0 Å². The number of hydrogen-bond acceptors (Lipinski definition) is 2. The highest BCUT2D eigenvalue weighted by molar-refractivity contribution is 5.83. The second-order valence-electron chi connectivity index (χ2n) is 5.27. The fourth-order valence-corrected chi connectivity index (χ4v) is 1.80.